The van der Waals surface area contributed by atoms with Crippen LogP contribution in [0.2, 0.25) is 5.02 Å². The van der Waals surface area contributed by atoms with E-state index < -0.39 is 5.82 Å². The van der Waals surface area contributed by atoms with Crippen molar-refractivity contribution in [2.24, 2.45) is 0 Å². The van der Waals surface area contributed by atoms with Crippen molar-refractivity contribution in [2.75, 3.05) is 38.2 Å². The summed E-state index contributed by atoms with van der Waals surface area (Å²) in [6, 6.07) is 14.6. The number of aromatic nitrogens is 3. The number of hydrogen-bond acceptors (Lipinski definition) is 6. The number of benzene rings is 2. The third kappa shape index (κ3) is 5.93. The minimum atomic E-state index is -0.458. The normalized spacial score (nSPS) is 14.3. The number of nitrogens with one attached hydrogen (secondary N) is 1. The number of pyridine rings is 1. The molecule has 35 heavy (non-hydrogen) atoms. The summed E-state index contributed by atoms with van der Waals surface area (Å²) in [5.74, 6) is 0.756. The van der Waals surface area contributed by atoms with Crippen LogP contribution in [0.3, 0.4) is 0 Å². The second-order valence-electron chi connectivity index (χ2n) is 8.65. The lowest BCUT2D eigenvalue weighted by Crippen LogP contribution is -2.36. The van der Waals surface area contributed by atoms with Crippen LogP contribution in [0.5, 0.6) is 0 Å². The Morgan fingerprint density at radius 3 is 2.71 bits per heavy atom. The zero-order valence-electron chi connectivity index (χ0n) is 19.4. The van der Waals surface area contributed by atoms with Crippen LogP contribution >= 0.6 is 11.6 Å². The van der Waals surface area contributed by atoms with Crippen LogP contribution in [-0.4, -0.2) is 52.7 Å². The molecule has 0 radical (unpaired) electrons. The van der Waals surface area contributed by atoms with E-state index in [1.54, 1.807) is 24.5 Å². The summed E-state index contributed by atoms with van der Waals surface area (Å²) in [7, 11) is 0. The fourth-order valence-corrected chi connectivity index (χ4v) is 4.43. The lowest BCUT2D eigenvalue weighted by Gasteiger charge is -2.26. The van der Waals surface area contributed by atoms with Gasteiger partial charge in [0, 0.05) is 42.1 Å². The molecule has 0 aliphatic carbocycles. The van der Waals surface area contributed by atoms with Crippen LogP contribution in [0.4, 0.5) is 15.9 Å². The van der Waals surface area contributed by atoms with Crippen LogP contribution in [0, 0.1) is 5.82 Å². The quantitative estimate of drug-likeness (QED) is 0.310. The topological polar surface area (TPSA) is 63.2 Å². The van der Waals surface area contributed by atoms with Gasteiger partial charge < -0.3 is 10.1 Å². The fourth-order valence-electron chi connectivity index (χ4n) is 4.25. The minimum absolute atomic E-state index is 0.0572. The molecule has 1 N–H and O–H groups in total. The first kappa shape index (κ1) is 23.6. The molecule has 2 aromatic heterocycles. The first-order valence-corrected chi connectivity index (χ1v) is 12.3. The van der Waals surface area contributed by atoms with Gasteiger partial charge in [-0.05, 0) is 73.8 Å². The summed E-state index contributed by atoms with van der Waals surface area (Å²) < 4.78 is 19.1. The van der Waals surface area contributed by atoms with Gasteiger partial charge in [0.2, 0.25) is 0 Å². The molecule has 0 spiro atoms. The van der Waals surface area contributed by atoms with E-state index >= 15 is 0 Å². The van der Waals surface area contributed by atoms with Gasteiger partial charge in [-0.25, -0.2) is 14.4 Å². The van der Waals surface area contributed by atoms with Gasteiger partial charge in [0.05, 0.1) is 23.8 Å². The summed E-state index contributed by atoms with van der Waals surface area (Å²) in [6.07, 6.45) is 6.69. The standard InChI is InChI=1S/C27H27ClFN5O/c28-23-17-21(7-8-24(23)29)31-27-22-16-19(4-1-2-11-34-12-14-35-15-13-34)6-9-25(22)32-26(33-27)20-5-3-10-30-18-20/h3,5-10,16-18H,1-2,4,11-15H2,(H,31,32,33). The number of nitrogens with zero attached hydrogens (tertiary/aromatic N) is 4. The first-order valence-electron chi connectivity index (χ1n) is 11.9. The van der Waals surface area contributed by atoms with Gasteiger partial charge in [-0.3, -0.25) is 9.88 Å². The number of hydrogen-bond donors (Lipinski definition) is 1. The molecule has 180 valence electrons. The molecule has 4 aromatic rings. The van der Waals surface area contributed by atoms with Crippen molar-refractivity contribution in [3.63, 3.8) is 0 Å². The summed E-state index contributed by atoms with van der Waals surface area (Å²) in [5.41, 5.74) is 3.54. The third-order valence-electron chi connectivity index (χ3n) is 6.16. The molecule has 1 aliphatic heterocycles. The van der Waals surface area contributed by atoms with Gasteiger partial charge in [0.25, 0.3) is 0 Å². The second kappa shape index (κ2) is 11.1. The molecule has 0 atom stereocenters. The van der Waals surface area contributed by atoms with E-state index in [1.165, 1.54) is 11.6 Å². The van der Waals surface area contributed by atoms with E-state index in [9.17, 15) is 4.39 Å². The van der Waals surface area contributed by atoms with Crippen LogP contribution < -0.4 is 5.32 Å². The number of fused-ring (bicyclic) bond motifs is 1. The Balaban J connectivity index is 1.40. The van der Waals surface area contributed by atoms with E-state index in [4.69, 9.17) is 26.3 Å². The number of aryl methyl sites for hydroxylation is 1. The van der Waals surface area contributed by atoms with Crippen LogP contribution in [0.15, 0.2) is 60.9 Å². The molecule has 5 rings (SSSR count). The molecular weight excluding hydrogens is 465 g/mol. The summed E-state index contributed by atoms with van der Waals surface area (Å²) in [5, 5.41) is 4.28. The van der Waals surface area contributed by atoms with Gasteiger partial charge >= 0.3 is 0 Å². The Morgan fingerprint density at radius 1 is 1.03 bits per heavy atom. The van der Waals surface area contributed by atoms with Gasteiger partial charge in [-0.15, -0.1) is 0 Å². The fraction of sp³-hybridized carbons (Fsp3) is 0.296. The Bertz CT molecular complexity index is 1300. The molecule has 0 bridgehead atoms. The molecule has 8 heteroatoms. The van der Waals surface area contributed by atoms with Crippen LogP contribution in [-0.2, 0) is 11.2 Å². The van der Waals surface area contributed by atoms with Crippen molar-refractivity contribution in [3.8, 4) is 11.4 Å². The summed E-state index contributed by atoms with van der Waals surface area (Å²) in [4.78, 5) is 16.2. The Morgan fingerprint density at radius 2 is 1.91 bits per heavy atom. The number of rotatable bonds is 8. The van der Waals surface area contributed by atoms with Crippen molar-refractivity contribution in [1.82, 2.24) is 19.9 Å². The molecule has 3 heterocycles. The van der Waals surface area contributed by atoms with Gasteiger partial charge in [-0.1, -0.05) is 17.7 Å². The van der Waals surface area contributed by atoms with Crippen LogP contribution in [0.1, 0.15) is 18.4 Å². The molecule has 0 saturated carbocycles. The molecule has 6 nitrogen and oxygen atoms in total. The maximum Gasteiger partial charge on any atom is 0.163 e. The molecule has 1 saturated heterocycles. The zero-order valence-corrected chi connectivity index (χ0v) is 20.1. The van der Waals surface area contributed by atoms with E-state index in [0.717, 1.165) is 68.6 Å². The van der Waals surface area contributed by atoms with E-state index in [0.29, 0.717) is 17.3 Å². The number of unbranched alkanes of at least 4 members (excludes halogenated alkanes) is 1. The van der Waals surface area contributed by atoms with Crippen molar-refractivity contribution in [2.45, 2.75) is 19.3 Å². The maximum atomic E-state index is 13.7. The number of morpholine rings is 1. The predicted molar refractivity (Wildman–Crippen MR) is 138 cm³/mol. The highest BCUT2D eigenvalue weighted by atomic mass is 35.5. The number of ether oxygens (including phenoxy) is 1. The Hall–Kier alpha value is -3.13. The Kier molecular flexibility index (Phi) is 7.47. The third-order valence-corrected chi connectivity index (χ3v) is 6.45. The van der Waals surface area contributed by atoms with Crippen molar-refractivity contribution < 1.29 is 9.13 Å². The van der Waals surface area contributed by atoms with Crippen molar-refractivity contribution in [1.29, 1.82) is 0 Å². The largest absolute Gasteiger partial charge is 0.379 e. The molecule has 1 fully saturated rings. The second-order valence-corrected chi connectivity index (χ2v) is 9.06. The van der Waals surface area contributed by atoms with Gasteiger partial charge in [0.1, 0.15) is 11.6 Å². The average molecular weight is 492 g/mol. The monoisotopic (exact) mass is 491 g/mol. The number of anilines is 2. The average Bonchev–Trinajstić information content (AvgIpc) is 2.90. The molecular formula is C27H27ClFN5O. The van der Waals surface area contributed by atoms with Crippen molar-refractivity contribution in [3.05, 3.63) is 77.3 Å². The number of halogens is 2. The predicted octanol–water partition coefficient (Wildman–Crippen LogP) is 5.88. The lowest BCUT2D eigenvalue weighted by atomic mass is 10.0. The Labute approximate surface area is 209 Å². The van der Waals surface area contributed by atoms with Gasteiger partial charge in [0.15, 0.2) is 5.82 Å². The van der Waals surface area contributed by atoms with E-state index in [2.05, 4.69) is 27.3 Å². The first-order chi connectivity index (χ1) is 17.2. The smallest absolute Gasteiger partial charge is 0.163 e. The molecule has 0 amide bonds. The molecule has 2 aromatic carbocycles. The highest BCUT2D eigenvalue weighted by Gasteiger charge is 2.13. The van der Waals surface area contributed by atoms with Gasteiger partial charge in [-0.2, -0.15) is 0 Å². The molecule has 1 aliphatic rings. The minimum Gasteiger partial charge on any atom is -0.379 e. The summed E-state index contributed by atoms with van der Waals surface area (Å²) in [6.45, 7) is 4.82. The van der Waals surface area contributed by atoms with E-state index in [-0.39, 0.29) is 5.02 Å². The zero-order chi connectivity index (χ0) is 24.0. The highest BCUT2D eigenvalue weighted by molar-refractivity contribution is 6.31. The van der Waals surface area contributed by atoms with Crippen LogP contribution in [0.25, 0.3) is 22.3 Å². The lowest BCUT2D eigenvalue weighted by molar-refractivity contribution is 0.0372. The van der Waals surface area contributed by atoms with E-state index in [1.807, 2.05) is 18.2 Å². The molecule has 0 unspecified atom stereocenters. The van der Waals surface area contributed by atoms with Crippen molar-refractivity contribution >= 4 is 34.0 Å². The SMILES string of the molecule is Fc1ccc(Nc2nc(-c3cccnc3)nc3ccc(CCCCN4CCOCC4)cc23)cc1Cl. The highest BCUT2D eigenvalue weighted by Crippen LogP contribution is 2.30. The maximum absolute atomic E-state index is 13.7. The summed E-state index contributed by atoms with van der Waals surface area (Å²) >= 11 is 6.01.